The van der Waals surface area contributed by atoms with Crippen molar-refractivity contribution in [2.75, 3.05) is 13.1 Å². The Bertz CT molecular complexity index is 448. The SMILES string of the molecule is CC1(CN)CCC2C(C1)C1CC13CC1(CN)CC213. The zero-order chi connectivity index (χ0) is 12.4. The van der Waals surface area contributed by atoms with Crippen molar-refractivity contribution in [1.29, 1.82) is 0 Å². The Labute approximate surface area is 110 Å². The van der Waals surface area contributed by atoms with Gasteiger partial charge in [0.25, 0.3) is 0 Å². The molecular weight excluding hydrogens is 220 g/mol. The second-order valence-electron chi connectivity index (χ2n) is 8.80. The molecular formula is C16H26N2. The minimum absolute atomic E-state index is 0.450. The van der Waals surface area contributed by atoms with Gasteiger partial charge in [-0.15, -0.1) is 0 Å². The fourth-order valence-electron chi connectivity index (χ4n) is 7.65. The number of hydrogen-bond acceptors (Lipinski definition) is 2. The highest BCUT2D eigenvalue weighted by atomic mass is 15.0. The van der Waals surface area contributed by atoms with Gasteiger partial charge >= 0.3 is 0 Å². The normalized spacial score (nSPS) is 70.5. The Kier molecular flexibility index (Phi) is 1.52. The van der Waals surface area contributed by atoms with Gasteiger partial charge in [0.2, 0.25) is 0 Å². The third-order valence-electron chi connectivity index (χ3n) is 8.45. The lowest BCUT2D eigenvalue weighted by Crippen LogP contribution is -2.46. The summed E-state index contributed by atoms with van der Waals surface area (Å²) in [5, 5.41) is 0. The molecule has 0 aliphatic heterocycles. The summed E-state index contributed by atoms with van der Waals surface area (Å²) < 4.78 is 0. The van der Waals surface area contributed by atoms with Crippen LogP contribution in [0.15, 0.2) is 0 Å². The molecule has 0 bridgehead atoms. The number of fused-ring (bicyclic) bond motifs is 2. The predicted octanol–water partition coefficient (Wildman–Crippen LogP) is 2.13. The van der Waals surface area contributed by atoms with E-state index >= 15 is 0 Å². The van der Waals surface area contributed by atoms with Crippen LogP contribution in [0.1, 0.15) is 45.4 Å². The van der Waals surface area contributed by atoms with Crippen LogP contribution in [0.2, 0.25) is 0 Å². The maximum absolute atomic E-state index is 6.12. The van der Waals surface area contributed by atoms with Crippen molar-refractivity contribution in [1.82, 2.24) is 0 Å². The van der Waals surface area contributed by atoms with E-state index in [-0.39, 0.29) is 0 Å². The monoisotopic (exact) mass is 246 g/mol. The quantitative estimate of drug-likeness (QED) is 0.784. The van der Waals surface area contributed by atoms with Crippen LogP contribution in [0.4, 0.5) is 0 Å². The van der Waals surface area contributed by atoms with Crippen LogP contribution in [0.3, 0.4) is 0 Å². The first-order valence-electron chi connectivity index (χ1n) is 7.97. The van der Waals surface area contributed by atoms with E-state index in [1.807, 2.05) is 0 Å². The van der Waals surface area contributed by atoms with Gasteiger partial charge in [-0.05, 0) is 91.0 Å². The van der Waals surface area contributed by atoms with E-state index < -0.39 is 0 Å². The van der Waals surface area contributed by atoms with Crippen LogP contribution in [0.5, 0.6) is 0 Å². The molecule has 5 rings (SSSR count). The van der Waals surface area contributed by atoms with Gasteiger partial charge < -0.3 is 11.5 Å². The summed E-state index contributed by atoms with van der Waals surface area (Å²) in [5.74, 6) is 3.13. The Balaban J connectivity index is 1.52. The molecule has 0 aromatic heterocycles. The van der Waals surface area contributed by atoms with Crippen molar-refractivity contribution in [3.63, 3.8) is 0 Å². The van der Waals surface area contributed by atoms with Gasteiger partial charge in [0.05, 0.1) is 0 Å². The van der Waals surface area contributed by atoms with E-state index in [9.17, 15) is 0 Å². The van der Waals surface area contributed by atoms with Gasteiger partial charge in [-0.2, -0.15) is 0 Å². The number of rotatable bonds is 2. The minimum Gasteiger partial charge on any atom is -0.330 e. The van der Waals surface area contributed by atoms with Crippen LogP contribution in [0, 0.1) is 39.4 Å². The van der Waals surface area contributed by atoms with Crippen molar-refractivity contribution in [2.45, 2.75) is 45.4 Å². The van der Waals surface area contributed by atoms with E-state index in [4.69, 9.17) is 11.5 Å². The van der Waals surface area contributed by atoms with Gasteiger partial charge in [-0.3, -0.25) is 0 Å². The van der Waals surface area contributed by atoms with Gasteiger partial charge in [-0.25, -0.2) is 0 Å². The number of nitrogens with two attached hydrogens (primary N) is 2. The molecule has 5 aliphatic rings. The maximum Gasteiger partial charge on any atom is -0.00145 e. The minimum atomic E-state index is 0.450. The lowest BCUT2D eigenvalue weighted by Gasteiger charge is -2.49. The molecule has 7 unspecified atom stereocenters. The van der Waals surface area contributed by atoms with Crippen molar-refractivity contribution in [3.8, 4) is 0 Å². The average molecular weight is 246 g/mol. The van der Waals surface area contributed by atoms with Crippen LogP contribution in [0.25, 0.3) is 0 Å². The molecule has 0 aromatic rings. The topological polar surface area (TPSA) is 52.0 Å². The molecule has 0 amide bonds. The predicted molar refractivity (Wildman–Crippen MR) is 71.7 cm³/mol. The lowest BCUT2D eigenvalue weighted by molar-refractivity contribution is -0.00629. The highest BCUT2D eigenvalue weighted by Crippen LogP contribution is 3.02. The van der Waals surface area contributed by atoms with Crippen LogP contribution in [-0.2, 0) is 0 Å². The summed E-state index contributed by atoms with van der Waals surface area (Å²) in [6.07, 6.45) is 8.79. The van der Waals surface area contributed by atoms with Crippen LogP contribution >= 0.6 is 0 Å². The van der Waals surface area contributed by atoms with Crippen LogP contribution < -0.4 is 11.5 Å². The van der Waals surface area contributed by atoms with Gasteiger partial charge in [0.15, 0.2) is 0 Å². The van der Waals surface area contributed by atoms with Gasteiger partial charge in [0.1, 0.15) is 0 Å². The molecule has 7 atom stereocenters. The molecule has 0 heterocycles. The van der Waals surface area contributed by atoms with Gasteiger partial charge in [0, 0.05) is 0 Å². The Morgan fingerprint density at radius 2 is 1.89 bits per heavy atom. The van der Waals surface area contributed by atoms with E-state index in [1.54, 1.807) is 6.42 Å². The smallest absolute Gasteiger partial charge is 0.00145 e. The third-order valence-corrected chi connectivity index (χ3v) is 8.45. The molecule has 4 N–H and O–H groups in total. The summed E-state index contributed by atoms with van der Waals surface area (Å²) in [4.78, 5) is 0. The summed E-state index contributed by atoms with van der Waals surface area (Å²) >= 11 is 0. The van der Waals surface area contributed by atoms with E-state index in [0.29, 0.717) is 10.8 Å². The van der Waals surface area contributed by atoms with Crippen molar-refractivity contribution >= 4 is 0 Å². The van der Waals surface area contributed by atoms with Crippen molar-refractivity contribution in [3.05, 3.63) is 0 Å². The molecule has 0 aromatic carbocycles. The molecule has 100 valence electrons. The molecule has 5 aliphatic carbocycles. The second-order valence-corrected chi connectivity index (χ2v) is 8.80. The second kappa shape index (κ2) is 2.56. The highest BCUT2D eigenvalue weighted by Gasteiger charge is 2.97. The Morgan fingerprint density at radius 1 is 1.06 bits per heavy atom. The zero-order valence-corrected chi connectivity index (χ0v) is 11.5. The Hall–Kier alpha value is -0.0800. The molecule has 0 saturated heterocycles. The first-order valence-corrected chi connectivity index (χ1v) is 7.97. The van der Waals surface area contributed by atoms with Crippen LogP contribution in [-0.4, -0.2) is 13.1 Å². The van der Waals surface area contributed by atoms with Crippen molar-refractivity contribution < 1.29 is 0 Å². The average Bonchev–Trinajstić information content (AvgIpc) is 3.19. The fourth-order valence-corrected chi connectivity index (χ4v) is 7.65. The maximum atomic E-state index is 6.12. The highest BCUT2D eigenvalue weighted by molar-refractivity contribution is 5.45. The molecule has 2 nitrogen and oxygen atoms in total. The molecule has 5 saturated carbocycles. The summed E-state index contributed by atoms with van der Waals surface area (Å²) in [7, 11) is 0. The number of hydrogen-bond donors (Lipinski definition) is 2. The van der Waals surface area contributed by atoms with Crippen molar-refractivity contribution in [2.24, 2.45) is 50.9 Å². The summed E-state index contributed by atoms with van der Waals surface area (Å²) in [6, 6.07) is 0. The molecule has 2 heteroatoms. The summed E-state index contributed by atoms with van der Waals surface area (Å²) in [5.41, 5.74) is 14.8. The fraction of sp³-hybridized carbons (Fsp3) is 1.00. The molecule has 0 radical (unpaired) electrons. The third kappa shape index (κ3) is 0.768. The largest absolute Gasteiger partial charge is 0.330 e. The van der Waals surface area contributed by atoms with E-state index in [0.717, 1.165) is 41.7 Å². The lowest BCUT2D eigenvalue weighted by atomic mass is 9.55. The first-order chi connectivity index (χ1) is 8.56. The standard InChI is InChI=1S/C16H26N2/c1-13(8-17)3-2-11-10(4-13)12-5-15(12)6-14(9-18)7-16(11,14)15/h10-12H,2-9,17-18H2,1H3. The van der Waals surface area contributed by atoms with Gasteiger partial charge in [-0.1, -0.05) is 6.92 Å². The molecule has 2 spiro atoms. The first kappa shape index (κ1) is 10.7. The molecule has 18 heavy (non-hydrogen) atoms. The van der Waals surface area contributed by atoms with E-state index in [1.165, 1.54) is 32.1 Å². The zero-order valence-electron chi connectivity index (χ0n) is 11.5. The molecule has 5 fully saturated rings. The Morgan fingerprint density at radius 3 is 2.56 bits per heavy atom. The summed E-state index contributed by atoms with van der Waals surface area (Å²) in [6.45, 7) is 4.29. The van der Waals surface area contributed by atoms with E-state index in [2.05, 4.69) is 6.92 Å².